The summed E-state index contributed by atoms with van der Waals surface area (Å²) in [6, 6.07) is -6.31. The highest BCUT2D eigenvalue weighted by Crippen LogP contribution is 2.03. The minimum absolute atomic E-state index is 0.486. The maximum absolute atomic E-state index is 12.5. The van der Waals surface area contributed by atoms with Gasteiger partial charge in [0.15, 0.2) is 0 Å². The lowest BCUT2D eigenvalue weighted by Gasteiger charge is -2.23. The number of carboxylic acid groups (broad SMARTS) is 4. The molecule has 0 aromatic carbocycles. The van der Waals surface area contributed by atoms with Crippen LogP contribution < -0.4 is 21.7 Å². The fraction of sp³-hybridized carbons (Fsp3) is 0.562. The zero-order valence-corrected chi connectivity index (χ0v) is 16.4. The fourth-order valence-electron chi connectivity index (χ4n) is 2.13. The number of carboxylic acids is 4. The summed E-state index contributed by atoms with van der Waals surface area (Å²) in [5.41, 5.74) is 5.38. The van der Waals surface area contributed by atoms with Crippen LogP contribution in [0.25, 0.3) is 0 Å². The fourth-order valence-corrected chi connectivity index (χ4v) is 2.13. The summed E-state index contributed by atoms with van der Waals surface area (Å²) in [5, 5.41) is 41.3. The summed E-state index contributed by atoms with van der Waals surface area (Å²) in [5.74, 6) is -9.06. The van der Waals surface area contributed by atoms with Crippen LogP contribution in [0.15, 0.2) is 0 Å². The molecule has 0 aromatic heterocycles. The molecular formula is C16H24N4O11. The van der Waals surface area contributed by atoms with Crippen LogP contribution in [0.2, 0.25) is 0 Å². The summed E-state index contributed by atoms with van der Waals surface area (Å²) in [7, 11) is 0. The number of nitrogens with two attached hydrogens (primary N) is 1. The van der Waals surface area contributed by atoms with Crippen LogP contribution in [0.4, 0.5) is 0 Å². The Balaban J connectivity index is 5.45. The molecule has 31 heavy (non-hydrogen) atoms. The van der Waals surface area contributed by atoms with E-state index in [2.05, 4.69) is 5.32 Å². The molecule has 0 bridgehead atoms. The van der Waals surface area contributed by atoms with Crippen molar-refractivity contribution in [3.8, 4) is 0 Å². The van der Waals surface area contributed by atoms with Gasteiger partial charge in [-0.3, -0.25) is 33.6 Å². The molecule has 0 aliphatic heterocycles. The molecule has 0 fully saturated rings. The number of aliphatic carboxylic acids is 4. The number of hydrogen-bond acceptors (Lipinski definition) is 8. The minimum Gasteiger partial charge on any atom is -0.481 e. The normalized spacial score (nSPS) is 14.3. The average Bonchev–Trinajstić information content (AvgIpc) is 2.62. The van der Waals surface area contributed by atoms with Gasteiger partial charge < -0.3 is 42.1 Å². The lowest BCUT2D eigenvalue weighted by molar-refractivity contribution is -0.143. The van der Waals surface area contributed by atoms with E-state index in [1.54, 1.807) is 0 Å². The Morgan fingerprint density at radius 2 is 1.19 bits per heavy atom. The van der Waals surface area contributed by atoms with Crippen LogP contribution in [0.3, 0.4) is 0 Å². The third kappa shape index (κ3) is 11.1. The van der Waals surface area contributed by atoms with Gasteiger partial charge in [-0.25, -0.2) is 0 Å². The summed E-state index contributed by atoms with van der Waals surface area (Å²) < 4.78 is 0. The average molecular weight is 448 g/mol. The molecule has 0 radical (unpaired) electrons. The molecule has 4 atom stereocenters. The van der Waals surface area contributed by atoms with Gasteiger partial charge in [-0.05, 0) is 13.3 Å². The quantitative estimate of drug-likeness (QED) is 0.130. The van der Waals surface area contributed by atoms with E-state index in [0.29, 0.717) is 0 Å². The van der Waals surface area contributed by atoms with E-state index < -0.39 is 91.4 Å². The lowest BCUT2D eigenvalue weighted by atomic mass is 10.1. The summed E-state index contributed by atoms with van der Waals surface area (Å²) in [4.78, 5) is 79.9. The first kappa shape index (κ1) is 27.2. The summed E-state index contributed by atoms with van der Waals surface area (Å²) in [6.07, 6.45) is -2.82. The predicted octanol–water partition coefficient (Wildman–Crippen LogP) is -3.31. The van der Waals surface area contributed by atoms with Crippen molar-refractivity contribution in [3.05, 3.63) is 0 Å². The largest absolute Gasteiger partial charge is 0.481 e. The second-order valence-corrected chi connectivity index (χ2v) is 6.43. The Kier molecular flexibility index (Phi) is 11.2. The molecule has 15 heteroatoms. The third-order valence-corrected chi connectivity index (χ3v) is 3.75. The number of nitrogens with one attached hydrogen (secondary N) is 3. The van der Waals surface area contributed by atoms with Crippen LogP contribution in [-0.2, 0) is 33.6 Å². The van der Waals surface area contributed by atoms with Crippen LogP contribution in [0.5, 0.6) is 0 Å². The van der Waals surface area contributed by atoms with Crippen molar-refractivity contribution in [2.24, 2.45) is 5.73 Å². The van der Waals surface area contributed by atoms with E-state index in [9.17, 15) is 33.6 Å². The van der Waals surface area contributed by atoms with Crippen LogP contribution >= 0.6 is 0 Å². The van der Waals surface area contributed by atoms with E-state index in [1.807, 2.05) is 10.6 Å². The zero-order chi connectivity index (χ0) is 24.3. The Morgan fingerprint density at radius 1 is 0.710 bits per heavy atom. The van der Waals surface area contributed by atoms with Crippen molar-refractivity contribution in [3.63, 3.8) is 0 Å². The minimum atomic E-state index is -1.75. The van der Waals surface area contributed by atoms with Gasteiger partial charge in [0.1, 0.15) is 18.1 Å². The molecule has 0 heterocycles. The highest BCUT2D eigenvalue weighted by Gasteiger charge is 2.31. The van der Waals surface area contributed by atoms with E-state index in [4.69, 9.17) is 26.2 Å². The third-order valence-electron chi connectivity index (χ3n) is 3.75. The molecule has 0 saturated carbocycles. The number of rotatable bonds is 14. The van der Waals surface area contributed by atoms with Crippen molar-refractivity contribution in [1.82, 2.24) is 16.0 Å². The molecule has 15 nitrogen and oxygen atoms in total. The van der Waals surface area contributed by atoms with E-state index in [1.165, 1.54) is 0 Å². The van der Waals surface area contributed by atoms with Crippen LogP contribution in [-0.4, -0.2) is 86.2 Å². The second-order valence-electron chi connectivity index (χ2n) is 6.43. The predicted molar refractivity (Wildman–Crippen MR) is 98.5 cm³/mol. The highest BCUT2D eigenvalue weighted by molar-refractivity contribution is 5.96. The van der Waals surface area contributed by atoms with Gasteiger partial charge in [0.05, 0.1) is 18.9 Å². The highest BCUT2D eigenvalue weighted by atomic mass is 16.4. The molecule has 0 aliphatic rings. The van der Waals surface area contributed by atoms with Gasteiger partial charge in [-0.1, -0.05) is 0 Å². The number of carbonyl (C=O) groups excluding carboxylic acids is 3. The monoisotopic (exact) mass is 448 g/mol. The SMILES string of the molecule is CC(NC(=O)C(CC(=O)O)NC(=O)C(CCC(=O)O)NC(=O)C(N)CC(=O)O)C(=O)O. The van der Waals surface area contributed by atoms with Gasteiger partial charge in [-0.15, -0.1) is 0 Å². The maximum Gasteiger partial charge on any atom is 0.325 e. The van der Waals surface area contributed by atoms with Crippen molar-refractivity contribution in [1.29, 1.82) is 0 Å². The van der Waals surface area contributed by atoms with E-state index in [0.717, 1.165) is 6.92 Å². The lowest BCUT2D eigenvalue weighted by Crippen LogP contribution is -2.57. The van der Waals surface area contributed by atoms with Crippen molar-refractivity contribution >= 4 is 41.6 Å². The second kappa shape index (κ2) is 12.7. The van der Waals surface area contributed by atoms with E-state index >= 15 is 0 Å². The summed E-state index contributed by atoms with van der Waals surface area (Å²) in [6.45, 7) is 1.10. The standard InChI is InChI=1S/C16H24N4O11/c1-6(16(30)31)18-15(29)9(5-12(25)26)20-14(28)8(2-3-10(21)22)19-13(27)7(17)4-11(23)24/h6-9H,2-5,17H2,1H3,(H,18,29)(H,19,27)(H,20,28)(H,21,22)(H,23,24)(H,25,26)(H,30,31). The van der Waals surface area contributed by atoms with Gasteiger partial charge >= 0.3 is 23.9 Å². The molecule has 0 spiro atoms. The molecule has 174 valence electrons. The van der Waals surface area contributed by atoms with E-state index in [-0.39, 0.29) is 0 Å². The number of amides is 3. The summed E-state index contributed by atoms with van der Waals surface area (Å²) >= 11 is 0. The van der Waals surface area contributed by atoms with Gasteiger partial charge in [-0.2, -0.15) is 0 Å². The van der Waals surface area contributed by atoms with Crippen LogP contribution in [0, 0.1) is 0 Å². The number of carbonyl (C=O) groups is 7. The molecule has 4 unspecified atom stereocenters. The van der Waals surface area contributed by atoms with Gasteiger partial charge in [0.25, 0.3) is 0 Å². The first-order valence-electron chi connectivity index (χ1n) is 8.79. The molecule has 9 N–H and O–H groups in total. The molecule has 3 amide bonds. The Labute approximate surface area is 175 Å². The molecule has 0 rings (SSSR count). The van der Waals surface area contributed by atoms with Crippen molar-refractivity contribution < 1.29 is 54.0 Å². The first-order chi connectivity index (χ1) is 14.2. The van der Waals surface area contributed by atoms with Gasteiger partial charge in [0.2, 0.25) is 17.7 Å². The molecule has 0 aliphatic carbocycles. The van der Waals surface area contributed by atoms with Gasteiger partial charge in [0, 0.05) is 6.42 Å². The maximum atomic E-state index is 12.5. The number of hydrogen-bond donors (Lipinski definition) is 8. The van der Waals surface area contributed by atoms with Crippen molar-refractivity contribution in [2.75, 3.05) is 0 Å². The molecular weight excluding hydrogens is 424 g/mol. The smallest absolute Gasteiger partial charge is 0.325 e. The van der Waals surface area contributed by atoms with Crippen LogP contribution in [0.1, 0.15) is 32.6 Å². The Bertz CT molecular complexity index is 739. The van der Waals surface area contributed by atoms with Crippen molar-refractivity contribution in [2.45, 2.75) is 56.8 Å². The molecule has 0 aromatic rings. The zero-order valence-electron chi connectivity index (χ0n) is 16.4. The Hall–Kier alpha value is -3.75. The molecule has 0 saturated heterocycles. The topological polar surface area (TPSA) is 263 Å². The first-order valence-corrected chi connectivity index (χ1v) is 8.79. The Morgan fingerprint density at radius 3 is 1.65 bits per heavy atom.